The van der Waals surface area contributed by atoms with Gasteiger partial charge in [-0.25, -0.2) is 8.42 Å². The summed E-state index contributed by atoms with van der Waals surface area (Å²) in [7, 11) is -2.32. The molecule has 8 heteroatoms. The lowest BCUT2D eigenvalue weighted by Gasteiger charge is -2.23. The Hall–Kier alpha value is -3.10. The summed E-state index contributed by atoms with van der Waals surface area (Å²) >= 11 is 0. The van der Waals surface area contributed by atoms with E-state index in [9.17, 15) is 13.2 Å². The molecule has 168 valence electrons. The van der Waals surface area contributed by atoms with Crippen molar-refractivity contribution < 1.29 is 22.4 Å². The zero-order chi connectivity index (χ0) is 22.6. The Kier molecular flexibility index (Phi) is 6.62. The van der Waals surface area contributed by atoms with Gasteiger partial charge in [-0.2, -0.15) is 4.31 Å². The van der Waals surface area contributed by atoms with Crippen LogP contribution in [0.5, 0.6) is 5.75 Å². The Balaban J connectivity index is 1.68. The van der Waals surface area contributed by atoms with Crippen LogP contribution in [0, 0.1) is 0 Å². The molecule has 1 fully saturated rings. The van der Waals surface area contributed by atoms with Gasteiger partial charge in [-0.15, -0.1) is 0 Å². The number of methoxy groups -OCH3 is 1. The van der Waals surface area contributed by atoms with E-state index in [-0.39, 0.29) is 28.7 Å². The van der Waals surface area contributed by atoms with Crippen LogP contribution in [-0.2, 0) is 23.1 Å². The van der Waals surface area contributed by atoms with E-state index in [1.165, 1.54) is 17.5 Å². The van der Waals surface area contributed by atoms with Crippen LogP contribution < -0.4 is 4.74 Å². The molecule has 1 aromatic heterocycles. The first kappa shape index (κ1) is 22.1. The molecule has 4 rings (SSSR count). The van der Waals surface area contributed by atoms with Gasteiger partial charge in [0.05, 0.1) is 19.9 Å². The predicted octanol–water partition coefficient (Wildman–Crippen LogP) is 3.92. The third kappa shape index (κ3) is 4.71. The molecule has 2 aromatic carbocycles. The van der Waals surface area contributed by atoms with Gasteiger partial charge in [0.25, 0.3) is 5.91 Å². The van der Waals surface area contributed by atoms with Crippen LogP contribution in [0.4, 0.5) is 0 Å². The van der Waals surface area contributed by atoms with Gasteiger partial charge < -0.3 is 14.1 Å². The minimum absolute atomic E-state index is 0.0189. The maximum absolute atomic E-state index is 13.5. The average molecular weight is 455 g/mol. The molecule has 1 saturated heterocycles. The molecule has 1 aliphatic rings. The van der Waals surface area contributed by atoms with E-state index in [1.807, 2.05) is 36.4 Å². The van der Waals surface area contributed by atoms with Crippen molar-refractivity contribution in [1.82, 2.24) is 9.21 Å². The van der Waals surface area contributed by atoms with Crippen LogP contribution in [0.1, 0.15) is 34.5 Å². The molecule has 32 heavy (non-hydrogen) atoms. The largest absolute Gasteiger partial charge is 0.495 e. The average Bonchev–Trinajstić information content (AvgIpc) is 3.53. The third-order valence-corrected chi connectivity index (χ3v) is 7.44. The topological polar surface area (TPSA) is 80.1 Å². The normalized spacial score (nSPS) is 14.4. The molecule has 0 unspecified atom stereocenters. The monoisotopic (exact) mass is 454 g/mol. The molecule has 0 atom stereocenters. The van der Waals surface area contributed by atoms with Crippen LogP contribution in [-0.4, -0.2) is 43.7 Å². The summed E-state index contributed by atoms with van der Waals surface area (Å²) in [6, 6.07) is 17.8. The second-order valence-electron chi connectivity index (χ2n) is 7.70. The molecule has 0 bridgehead atoms. The number of benzene rings is 2. The fraction of sp³-hybridized carbons (Fsp3) is 0.292. The van der Waals surface area contributed by atoms with Crippen molar-refractivity contribution in [1.29, 1.82) is 0 Å². The van der Waals surface area contributed by atoms with Crippen LogP contribution in [0.25, 0.3) is 0 Å². The second-order valence-corrected chi connectivity index (χ2v) is 9.61. The lowest BCUT2D eigenvalue weighted by atomic mass is 10.1. The smallest absolute Gasteiger partial charge is 0.254 e. The van der Waals surface area contributed by atoms with Crippen LogP contribution in [0.3, 0.4) is 0 Å². The Morgan fingerprint density at radius 3 is 2.44 bits per heavy atom. The van der Waals surface area contributed by atoms with Gasteiger partial charge in [-0.1, -0.05) is 30.3 Å². The summed E-state index contributed by atoms with van der Waals surface area (Å²) in [6.45, 7) is 1.58. The van der Waals surface area contributed by atoms with Gasteiger partial charge in [-0.05, 0) is 48.7 Å². The van der Waals surface area contributed by atoms with Crippen molar-refractivity contribution in [3.63, 3.8) is 0 Å². The van der Waals surface area contributed by atoms with Gasteiger partial charge in [0.15, 0.2) is 0 Å². The third-order valence-electron chi connectivity index (χ3n) is 5.52. The first-order valence-corrected chi connectivity index (χ1v) is 12.0. The highest BCUT2D eigenvalue weighted by molar-refractivity contribution is 7.89. The number of furan rings is 1. The summed E-state index contributed by atoms with van der Waals surface area (Å²) in [4.78, 5) is 15.2. The Labute approximate surface area is 188 Å². The highest BCUT2D eigenvalue weighted by Crippen LogP contribution is 2.30. The number of ether oxygens (including phenoxy) is 1. The summed E-state index contributed by atoms with van der Waals surface area (Å²) < 4.78 is 38.6. The van der Waals surface area contributed by atoms with Crippen LogP contribution in [0.15, 0.2) is 76.2 Å². The van der Waals surface area contributed by atoms with Crippen molar-refractivity contribution in [2.75, 3.05) is 20.2 Å². The van der Waals surface area contributed by atoms with E-state index in [0.29, 0.717) is 25.4 Å². The van der Waals surface area contributed by atoms with Crippen molar-refractivity contribution in [2.24, 2.45) is 0 Å². The molecule has 7 nitrogen and oxygen atoms in total. The summed E-state index contributed by atoms with van der Waals surface area (Å²) in [5.41, 5.74) is 1.25. The van der Waals surface area contributed by atoms with E-state index in [1.54, 1.807) is 29.4 Å². The maximum atomic E-state index is 13.5. The Morgan fingerprint density at radius 2 is 1.78 bits per heavy atom. The lowest BCUT2D eigenvalue weighted by molar-refractivity contribution is 0.0717. The van der Waals surface area contributed by atoms with Gasteiger partial charge >= 0.3 is 0 Å². The quantitative estimate of drug-likeness (QED) is 0.516. The zero-order valence-electron chi connectivity index (χ0n) is 17.9. The lowest BCUT2D eigenvalue weighted by Crippen LogP contribution is -2.31. The SMILES string of the molecule is COc1ccc(C(=O)N(Cc2ccccc2)Cc2ccco2)cc1S(=O)(=O)N1CCCC1. The number of hydrogen-bond donors (Lipinski definition) is 0. The van der Waals surface area contributed by atoms with Crippen LogP contribution >= 0.6 is 0 Å². The van der Waals surface area contributed by atoms with Gasteiger partial charge in [0, 0.05) is 25.2 Å². The molecule has 3 aromatic rings. The van der Waals surface area contributed by atoms with E-state index in [0.717, 1.165) is 18.4 Å². The first-order valence-electron chi connectivity index (χ1n) is 10.5. The number of carbonyl (C=O) groups is 1. The molecule has 1 amide bonds. The number of rotatable bonds is 8. The van der Waals surface area contributed by atoms with Crippen molar-refractivity contribution >= 4 is 15.9 Å². The van der Waals surface area contributed by atoms with Crippen molar-refractivity contribution in [3.05, 3.63) is 83.8 Å². The molecule has 0 N–H and O–H groups in total. The minimum Gasteiger partial charge on any atom is -0.495 e. The number of amides is 1. The zero-order valence-corrected chi connectivity index (χ0v) is 18.8. The highest BCUT2D eigenvalue weighted by atomic mass is 32.2. The molecule has 0 spiro atoms. The van der Waals surface area contributed by atoms with E-state index in [4.69, 9.17) is 9.15 Å². The Bertz CT molecular complexity index is 1150. The van der Waals surface area contributed by atoms with Crippen molar-refractivity contribution in [2.45, 2.75) is 30.8 Å². The van der Waals surface area contributed by atoms with E-state index < -0.39 is 10.0 Å². The molecule has 1 aliphatic heterocycles. The molecule has 0 radical (unpaired) electrons. The van der Waals surface area contributed by atoms with Crippen LogP contribution in [0.2, 0.25) is 0 Å². The Morgan fingerprint density at radius 1 is 1.03 bits per heavy atom. The minimum atomic E-state index is -3.75. The number of sulfonamides is 1. The van der Waals surface area contributed by atoms with E-state index >= 15 is 0 Å². The second kappa shape index (κ2) is 9.58. The summed E-state index contributed by atoms with van der Waals surface area (Å²) in [5, 5.41) is 0. The summed E-state index contributed by atoms with van der Waals surface area (Å²) in [6.07, 6.45) is 3.22. The van der Waals surface area contributed by atoms with Gasteiger partial charge in [0.2, 0.25) is 10.0 Å². The number of carbonyl (C=O) groups excluding carboxylic acids is 1. The van der Waals surface area contributed by atoms with Gasteiger partial charge in [0.1, 0.15) is 16.4 Å². The standard InChI is InChI=1S/C24H26N2O5S/c1-30-22-12-11-20(16-23(22)32(28,29)26-13-5-6-14-26)24(27)25(18-21-10-7-15-31-21)17-19-8-3-2-4-9-19/h2-4,7-12,15-16H,5-6,13-14,17-18H2,1H3. The molecule has 2 heterocycles. The molecular formula is C24H26N2O5S. The molecule has 0 aliphatic carbocycles. The van der Waals surface area contributed by atoms with E-state index in [2.05, 4.69) is 0 Å². The molecule has 0 saturated carbocycles. The fourth-order valence-electron chi connectivity index (χ4n) is 3.86. The maximum Gasteiger partial charge on any atom is 0.254 e. The first-order chi connectivity index (χ1) is 15.5. The fourth-order valence-corrected chi connectivity index (χ4v) is 5.55. The molecular weight excluding hydrogens is 428 g/mol. The highest BCUT2D eigenvalue weighted by Gasteiger charge is 2.31. The predicted molar refractivity (Wildman–Crippen MR) is 120 cm³/mol. The van der Waals surface area contributed by atoms with Gasteiger partial charge in [-0.3, -0.25) is 4.79 Å². The van der Waals surface area contributed by atoms with Crippen molar-refractivity contribution in [3.8, 4) is 5.75 Å². The number of hydrogen-bond acceptors (Lipinski definition) is 5. The summed E-state index contributed by atoms with van der Waals surface area (Å²) in [5.74, 6) is 0.590. The number of nitrogens with zero attached hydrogens (tertiary/aromatic N) is 2.